The molecule has 0 unspecified atom stereocenters. The third-order valence-corrected chi connectivity index (χ3v) is 3.84. The Kier molecular flexibility index (Phi) is 7.43. The molecule has 28 heavy (non-hydrogen) atoms. The van der Waals surface area contributed by atoms with Gasteiger partial charge in [-0.05, 0) is 44.0 Å². The quantitative estimate of drug-likeness (QED) is 0.542. The van der Waals surface area contributed by atoms with Gasteiger partial charge in [-0.1, -0.05) is 18.2 Å². The van der Waals surface area contributed by atoms with Crippen molar-refractivity contribution >= 4 is 17.6 Å². The monoisotopic (exact) mass is 395 g/mol. The molecule has 0 radical (unpaired) electrons. The van der Waals surface area contributed by atoms with Gasteiger partial charge in [0.1, 0.15) is 5.75 Å². The summed E-state index contributed by atoms with van der Waals surface area (Å²) in [6.07, 6.45) is -0.898. The number of amides is 1. The van der Waals surface area contributed by atoms with E-state index < -0.39 is 41.1 Å². The lowest BCUT2D eigenvalue weighted by molar-refractivity contribution is -0.153. The summed E-state index contributed by atoms with van der Waals surface area (Å²) in [4.78, 5) is 24.0. The van der Waals surface area contributed by atoms with Crippen molar-refractivity contribution in [3.05, 3.63) is 59.4 Å². The number of benzene rings is 2. The third kappa shape index (κ3) is 5.48. The summed E-state index contributed by atoms with van der Waals surface area (Å²) in [5.41, 5.74) is 0.278. The Balaban J connectivity index is 1.90. The van der Waals surface area contributed by atoms with Crippen LogP contribution in [0.3, 0.4) is 0 Å². The van der Waals surface area contributed by atoms with Gasteiger partial charge in [-0.25, -0.2) is 13.2 Å². The molecule has 0 aromatic heterocycles. The summed E-state index contributed by atoms with van der Waals surface area (Å²) in [7, 11) is 0. The van der Waals surface area contributed by atoms with E-state index in [9.17, 15) is 22.8 Å². The average Bonchev–Trinajstić information content (AvgIpc) is 2.68. The highest BCUT2D eigenvalue weighted by Gasteiger charge is 2.21. The zero-order chi connectivity index (χ0) is 20.7. The Bertz CT molecular complexity index is 857. The molecule has 8 heteroatoms. The first-order valence-corrected chi connectivity index (χ1v) is 8.68. The minimum atomic E-state index is -1.70. The zero-order valence-electron chi connectivity index (χ0n) is 15.4. The Hall–Kier alpha value is -3.03. The lowest BCUT2D eigenvalue weighted by Gasteiger charge is -2.14. The van der Waals surface area contributed by atoms with Crippen molar-refractivity contribution in [1.29, 1.82) is 0 Å². The number of carbonyl (C=O) groups excluding carboxylic acids is 2. The van der Waals surface area contributed by atoms with Crippen molar-refractivity contribution in [2.75, 3.05) is 11.9 Å². The standard InChI is InChI=1S/C20H20F3NO4/c1-3-27-16-7-5-4-6-13(16)8-11-17(25)28-12(2)20(26)24-15-10-9-14(21)18(22)19(15)23/h4-7,9-10,12H,3,8,11H2,1-2H3,(H,24,26)/t12-/m1/s1. The van der Waals surface area contributed by atoms with Gasteiger partial charge in [-0.15, -0.1) is 0 Å². The summed E-state index contributed by atoms with van der Waals surface area (Å²) in [5, 5.41) is 2.07. The molecule has 1 N–H and O–H groups in total. The summed E-state index contributed by atoms with van der Waals surface area (Å²) < 4.78 is 50.2. The fraction of sp³-hybridized carbons (Fsp3) is 0.300. The van der Waals surface area contributed by atoms with Crippen molar-refractivity contribution in [2.24, 2.45) is 0 Å². The number of ether oxygens (including phenoxy) is 2. The van der Waals surface area contributed by atoms with Gasteiger partial charge in [-0.2, -0.15) is 0 Å². The molecule has 0 saturated carbocycles. The van der Waals surface area contributed by atoms with Crippen molar-refractivity contribution in [2.45, 2.75) is 32.8 Å². The fourth-order valence-electron chi connectivity index (χ4n) is 2.41. The van der Waals surface area contributed by atoms with Crippen LogP contribution in [0.25, 0.3) is 0 Å². The molecule has 0 fully saturated rings. The van der Waals surface area contributed by atoms with Gasteiger partial charge < -0.3 is 14.8 Å². The molecule has 2 rings (SSSR count). The number of hydrogen-bond acceptors (Lipinski definition) is 4. The zero-order valence-corrected chi connectivity index (χ0v) is 15.4. The second kappa shape index (κ2) is 9.77. The van der Waals surface area contributed by atoms with E-state index in [0.717, 1.165) is 11.6 Å². The first-order chi connectivity index (χ1) is 13.3. The van der Waals surface area contributed by atoms with E-state index in [-0.39, 0.29) is 6.42 Å². The largest absolute Gasteiger partial charge is 0.494 e. The second-order valence-corrected chi connectivity index (χ2v) is 5.88. The van der Waals surface area contributed by atoms with Crippen molar-refractivity contribution < 1.29 is 32.2 Å². The third-order valence-electron chi connectivity index (χ3n) is 3.84. The highest BCUT2D eigenvalue weighted by atomic mass is 19.2. The predicted octanol–water partition coefficient (Wildman–Crippen LogP) is 4.01. The van der Waals surface area contributed by atoms with Crippen LogP contribution in [0, 0.1) is 17.5 Å². The Morgan fingerprint density at radius 2 is 1.79 bits per heavy atom. The van der Waals surface area contributed by atoms with Gasteiger partial charge >= 0.3 is 5.97 Å². The van der Waals surface area contributed by atoms with Crippen molar-refractivity contribution in [3.63, 3.8) is 0 Å². The number of aryl methyl sites for hydroxylation is 1. The van der Waals surface area contributed by atoms with Crippen LogP contribution in [0.1, 0.15) is 25.8 Å². The molecular weight excluding hydrogens is 375 g/mol. The molecule has 1 amide bonds. The van der Waals surface area contributed by atoms with E-state index in [4.69, 9.17) is 9.47 Å². The van der Waals surface area contributed by atoms with Crippen LogP contribution in [0.15, 0.2) is 36.4 Å². The Labute approximate surface area is 160 Å². The van der Waals surface area contributed by atoms with Gasteiger partial charge in [0, 0.05) is 6.42 Å². The van der Waals surface area contributed by atoms with E-state index in [2.05, 4.69) is 5.32 Å². The first-order valence-electron chi connectivity index (χ1n) is 8.68. The van der Waals surface area contributed by atoms with Gasteiger partial charge in [0.05, 0.1) is 12.3 Å². The molecule has 0 aliphatic rings. The predicted molar refractivity (Wildman–Crippen MR) is 96.4 cm³/mol. The van der Waals surface area contributed by atoms with Crippen LogP contribution < -0.4 is 10.1 Å². The van der Waals surface area contributed by atoms with E-state index in [1.165, 1.54) is 6.92 Å². The molecule has 0 saturated heterocycles. The molecule has 0 aliphatic carbocycles. The SMILES string of the molecule is CCOc1ccccc1CCC(=O)O[C@H](C)C(=O)Nc1ccc(F)c(F)c1F. The highest BCUT2D eigenvalue weighted by Crippen LogP contribution is 2.21. The lowest BCUT2D eigenvalue weighted by atomic mass is 10.1. The van der Waals surface area contributed by atoms with Gasteiger partial charge in [0.2, 0.25) is 0 Å². The number of nitrogens with one attached hydrogen (secondary N) is 1. The lowest BCUT2D eigenvalue weighted by Crippen LogP contribution is -2.30. The molecule has 2 aromatic carbocycles. The van der Waals surface area contributed by atoms with Crippen LogP contribution in [-0.2, 0) is 20.7 Å². The molecule has 5 nitrogen and oxygen atoms in total. The summed E-state index contributed by atoms with van der Waals surface area (Å²) in [6.45, 7) is 3.62. The second-order valence-electron chi connectivity index (χ2n) is 5.88. The Morgan fingerprint density at radius 1 is 1.07 bits per heavy atom. The van der Waals surface area contributed by atoms with Crippen LogP contribution in [0.5, 0.6) is 5.75 Å². The number of halogens is 3. The Morgan fingerprint density at radius 3 is 2.50 bits per heavy atom. The number of rotatable bonds is 8. The van der Waals surface area contributed by atoms with E-state index in [1.54, 1.807) is 6.07 Å². The number of carbonyl (C=O) groups is 2. The van der Waals surface area contributed by atoms with E-state index >= 15 is 0 Å². The van der Waals surface area contributed by atoms with Gasteiger partial charge in [-0.3, -0.25) is 9.59 Å². The minimum Gasteiger partial charge on any atom is -0.494 e. The normalized spacial score (nSPS) is 11.6. The maximum Gasteiger partial charge on any atom is 0.306 e. The summed E-state index contributed by atoms with van der Waals surface area (Å²) >= 11 is 0. The molecule has 1 atom stereocenters. The molecule has 150 valence electrons. The van der Waals surface area contributed by atoms with E-state index in [1.807, 2.05) is 25.1 Å². The number of anilines is 1. The topological polar surface area (TPSA) is 64.6 Å². The van der Waals surface area contributed by atoms with Crippen molar-refractivity contribution in [1.82, 2.24) is 0 Å². The van der Waals surface area contributed by atoms with Crippen LogP contribution in [0.4, 0.5) is 18.9 Å². The maximum absolute atomic E-state index is 13.6. The number of para-hydroxylation sites is 1. The number of hydrogen-bond donors (Lipinski definition) is 1. The minimum absolute atomic E-state index is 0.00124. The van der Waals surface area contributed by atoms with Gasteiger partial charge in [0.25, 0.3) is 5.91 Å². The fourth-order valence-corrected chi connectivity index (χ4v) is 2.41. The smallest absolute Gasteiger partial charge is 0.306 e. The van der Waals surface area contributed by atoms with Crippen LogP contribution in [0.2, 0.25) is 0 Å². The highest BCUT2D eigenvalue weighted by molar-refractivity contribution is 5.95. The molecule has 0 heterocycles. The van der Waals surface area contributed by atoms with Crippen LogP contribution in [-0.4, -0.2) is 24.6 Å². The summed E-state index contributed by atoms with van der Waals surface area (Å²) in [6, 6.07) is 8.80. The number of esters is 1. The molecule has 0 bridgehead atoms. The van der Waals surface area contributed by atoms with Crippen molar-refractivity contribution in [3.8, 4) is 5.75 Å². The first kappa shape index (κ1) is 21.3. The molecule has 0 aliphatic heterocycles. The van der Waals surface area contributed by atoms with Crippen LogP contribution >= 0.6 is 0 Å². The van der Waals surface area contributed by atoms with E-state index in [0.29, 0.717) is 24.8 Å². The summed E-state index contributed by atoms with van der Waals surface area (Å²) in [5.74, 6) is -5.44. The molecular formula is C20H20F3NO4. The maximum atomic E-state index is 13.6. The molecule has 2 aromatic rings. The van der Waals surface area contributed by atoms with Gasteiger partial charge in [0.15, 0.2) is 23.6 Å². The average molecular weight is 395 g/mol. The molecule has 0 spiro atoms.